The quantitative estimate of drug-likeness (QED) is 0.900. The molecule has 21 heavy (non-hydrogen) atoms. The van der Waals surface area contributed by atoms with Gasteiger partial charge in [-0.15, -0.1) is 0 Å². The van der Waals surface area contributed by atoms with Crippen LogP contribution in [-0.2, 0) is 10.0 Å². The molecule has 0 saturated carbocycles. The van der Waals surface area contributed by atoms with Gasteiger partial charge in [0.15, 0.2) is 0 Å². The SMILES string of the molecule is Cc1cnccc1NS(=O)(=O)c1ccc(Cl)c(C(=O)O)c1. The Morgan fingerprint density at radius 2 is 2.05 bits per heavy atom. The van der Waals surface area contributed by atoms with E-state index >= 15 is 0 Å². The zero-order valence-electron chi connectivity index (χ0n) is 10.9. The molecule has 8 heteroatoms. The van der Waals surface area contributed by atoms with Crippen molar-refractivity contribution >= 4 is 33.3 Å². The third kappa shape index (κ3) is 3.32. The fourth-order valence-electron chi connectivity index (χ4n) is 1.63. The second kappa shape index (κ2) is 5.71. The molecule has 0 saturated heterocycles. The van der Waals surface area contributed by atoms with Gasteiger partial charge in [0.1, 0.15) is 0 Å². The molecule has 2 rings (SSSR count). The summed E-state index contributed by atoms with van der Waals surface area (Å²) in [4.78, 5) is 14.7. The molecule has 0 fully saturated rings. The molecule has 6 nitrogen and oxygen atoms in total. The van der Waals surface area contributed by atoms with Crippen molar-refractivity contribution in [3.63, 3.8) is 0 Å². The van der Waals surface area contributed by atoms with Crippen molar-refractivity contribution in [2.45, 2.75) is 11.8 Å². The lowest BCUT2D eigenvalue weighted by molar-refractivity contribution is 0.0697. The number of aromatic carboxylic acids is 1. The maximum atomic E-state index is 12.3. The Kier molecular flexibility index (Phi) is 4.15. The minimum absolute atomic E-state index is 0.0264. The van der Waals surface area contributed by atoms with E-state index in [1.54, 1.807) is 6.92 Å². The molecule has 0 unspecified atom stereocenters. The van der Waals surface area contributed by atoms with Crippen LogP contribution in [0.4, 0.5) is 5.69 Å². The zero-order chi connectivity index (χ0) is 15.6. The molecule has 0 atom stereocenters. The average Bonchev–Trinajstić information content (AvgIpc) is 2.41. The summed E-state index contributed by atoms with van der Waals surface area (Å²) in [6, 6.07) is 5.01. The Morgan fingerprint density at radius 1 is 1.33 bits per heavy atom. The average molecular weight is 327 g/mol. The number of sulfonamides is 1. The largest absolute Gasteiger partial charge is 0.478 e. The number of aromatic nitrogens is 1. The van der Waals surface area contributed by atoms with Crippen LogP contribution in [0, 0.1) is 6.92 Å². The first kappa shape index (κ1) is 15.3. The summed E-state index contributed by atoms with van der Waals surface area (Å²) in [5, 5.41) is 8.96. The second-order valence-electron chi connectivity index (χ2n) is 4.24. The number of halogens is 1. The van der Waals surface area contributed by atoms with Crippen LogP contribution in [0.25, 0.3) is 0 Å². The number of nitrogens with zero attached hydrogens (tertiary/aromatic N) is 1. The van der Waals surface area contributed by atoms with Gasteiger partial charge in [0.2, 0.25) is 0 Å². The standard InChI is InChI=1S/C13H11ClN2O4S/c1-8-7-15-5-4-12(8)16-21(19,20)9-2-3-11(14)10(6-9)13(17)18/h2-7H,1H3,(H,15,16)(H,17,18). The van der Waals surface area contributed by atoms with Gasteiger partial charge in [-0.3, -0.25) is 9.71 Å². The zero-order valence-corrected chi connectivity index (χ0v) is 12.4. The van der Waals surface area contributed by atoms with Crippen LogP contribution in [-0.4, -0.2) is 24.5 Å². The summed E-state index contributed by atoms with van der Waals surface area (Å²) in [6.07, 6.45) is 2.97. The highest BCUT2D eigenvalue weighted by atomic mass is 35.5. The maximum Gasteiger partial charge on any atom is 0.337 e. The molecule has 110 valence electrons. The number of hydrogen-bond acceptors (Lipinski definition) is 4. The van der Waals surface area contributed by atoms with E-state index in [-0.39, 0.29) is 15.5 Å². The predicted octanol–water partition coefficient (Wildman–Crippen LogP) is 2.54. The minimum atomic E-state index is -3.91. The molecule has 2 N–H and O–H groups in total. The van der Waals surface area contributed by atoms with E-state index < -0.39 is 16.0 Å². The van der Waals surface area contributed by atoms with Gasteiger partial charge in [-0.25, -0.2) is 13.2 Å². The molecule has 1 heterocycles. The molecule has 0 aliphatic heterocycles. The Hall–Kier alpha value is -2.12. The van der Waals surface area contributed by atoms with E-state index in [1.165, 1.54) is 30.6 Å². The minimum Gasteiger partial charge on any atom is -0.478 e. The fourth-order valence-corrected chi connectivity index (χ4v) is 2.98. The number of carbonyl (C=O) groups is 1. The van der Waals surface area contributed by atoms with Crippen LogP contribution in [0.2, 0.25) is 5.02 Å². The summed E-state index contributed by atoms with van der Waals surface area (Å²) >= 11 is 5.72. The highest BCUT2D eigenvalue weighted by Gasteiger charge is 2.19. The van der Waals surface area contributed by atoms with Crippen molar-refractivity contribution in [1.29, 1.82) is 0 Å². The first-order valence-corrected chi connectivity index (χ1v) is 7.63. The number of rotatable bonds is 4. The van der Waals surface area contributed by atoms with Crippen molar-refractivity contribution < 1.29 is 18.3 Å². The number of pyridine rings is 1. The van der Waals surface area contributed by atoms with Gasteiger partial charge in [0.25, 0.3) is 10.0 Å². The van der Waals surface area contributed by atoms with Crippen LogP contribution >= 0.6 is 11.6 Å². The topological polar surface area (TPSA) is 96.4 Å². The normalized spacial score (nSPS) is 11.1. The van der Waals surface area contributed by atoms with Crippen molar-refractivity contribution in [2.75, 3.05) is 4.72 Å². The van der Waals surface area contributed by atoms with Gasteiger partial charge >= 0.3 is 5.97 Å². The predicted molar refractivity (Wildman–Crippen MR) is 78.2 cm³/mol. The molecule has 1 aromatic heterocycles. The number of carboxylic acids is 1. The Bertz CT molecular complexity index is 806. The summed E-state index contributed by atoms with van der Waals surface area (Å²) in [7, 11) is -3.91. The van der Waals surface area contributed by atoms with E-state index in [0.717, 1.165) is 6.07 Å². The lowest BCUT2D eigenvalue weighted by Crippen LogP contribution is -2.14. The number of hydrogen-bond donors (Lipinski definition) is 2. The molecule has 0 aliphatic rings. The van der Waals surface area contributed by atoms with Gasteiger partial charge in [-0.2, -0.15) is 0 Å². The monoisotopic (exact) mass is 326 g/mol. The number of anilines is 1. The molecule has 0 spiro atoms. The maximum absolute atomic E-state index is 12.3. The van der Waals surface area contributed by atoms with Crippen LogP contribution in [0.3, 0.4) is 0 Å². The van der Waals surface area contributed by atoms with E-state index in [2.05, 4.69) is 9.71 Å². The Morgan fingerprint density at radius 3 is 2.67 bits per heavy atom. The number of aryl methyl sites for hydroxylation is 1. The second-order valence-corrected chi connectivity index (χ2v) is 6.33. The van der Waals surface area contributed by atoms with E-state index in [9.17, 15) is 13.2 Å². The molecule has 1 aromatic carbocycles. The van der Waals surface area contributed by atoms with Gasteiger partial charge in [-0.05, 0) is 36.8 Å². The van der Waals surface area contributed by atoms with Gasteiger partial charge in [0.05, 0.1) is 21.2 Å². The van der Waals surface area contributed by atoms with Crippen molar-refractivity contribution in [2.24, 2.45) is 0 Å². The summed E-state index contributed by atoms with van der Waals surface area (Å²) in [6.45, 7) is 1.70. The highest BCUT2D eigenvalue weighted by Crippen LogP contribution is 2.23. The van der Waals surface area contributed by atoms with E-state index in [4.69, 9.17) is 16.7 Å². The number of benzene rings is 1. The van der Waals surface area contributed by atoms with Crippen molar-refractivity contribution in [3.8, 4) is 0 Å². The third-order valence-electron chi connectivity index (χ3n) is 2.74. The summed E-state index contributed by atoms with van der Waals surface area (Å²) < 4.78 is 26.9. The fraction of sp³-hybridized carbons (Fsp3) is 0.0769. The summed E-state index contributed by atoms with van der Waals surface area (Å²) in [5.41, 5.74) is 0.747. The number of nitrogens with one attached hydrogen (secondary N) is 1. The molecular weight excluding hydrogens is 316 g/mol. The highest BCUT2D eigenvalue weighted by molar-refractivity contribution is 7.92. The third-order valence-corrected chi connectivity index (χ3v) is 4.44. The van der Waals surface area contributed by atoms with Gasteiger partial charge in [-0.1, -0.05) is 11.6 Å². The molecule has 0 amide bonds. The molecule has 0 radical (unpaired) electrons. The van der Waals surface area contributed by atoms with Gasteiger partial charge in [0, 0.05) is 12.4 Å². The Balaban J connectivity index is 2.43. The first-order chi connectivity index (χ1) is 9.81. The van der Waals surface area contributed by atoms with E-state index in [1.807, 2.05) is 0 Å². The summed E-state index contributed by atoms with van der Waals surface area (Å²) in [5.74, 6) is -1.29. The van der Waals surface area contributed by atoms with Crippen molar-refractivity contribution in [3.05, 3.63) is 52.8 Å². The molecule has 0 aliphatic carbocycles. The van der Waals surface area contributed by atoms with Crippen LogP contribution in [0.15, 0.2) is 41.6 Å². The molecular formula is C13H11ClN2O4S. The van der Waals surface area contributed by atoms with Crippen molar-refractivity contribution in [1.82, 2.24) is 4.98 Å². The smallest absolute Gasteiger partial charge is 0.337 e. The molecule has 0 bridgehead atoms. The van der Waals surface area contributed by atoms with Gasteiger partial charge < -0.3 is 5.11 Å². The van der Waals surface area contributed by atoms with E-state index in [0.29, 0.717) is 11.3 Å². The van der Waals surface area contributed by atoms with Crippen LogP contribution < -0.4 is 4.72 Å². The van der Waals surface area contributed by atoms with Crippen LogP contribution in [0.5, 0.6) is 0 Å². The Labute approximate surface area is 126 Å². The van der Waals surface area contributed by atoms with Crippen LogP contribution in [0.1, 0.15) is 15.9 Å². The number of carboxylic acid groups (broad SMARTS) is 1. The lowest BCUT2D eigenvalue weighted by atomic mass is 10.2. The first-order valence-electron chi connectivity index (χ1n) is 5.77. The lowest BCUT2D eigenvalue weighted by Gasteiger charge is -2.11. The molecule has 2 aromatic rings.